The van der Waals surface area contributed by atoms with Gasteiger partial charge < -0.3 is 9.47 Å². The van der Waals surface area contributed by atoms with Crippen molar-refractivity contribution in [3.63, 3.8) is 0 Å². The summed E-state index contributed by atoms with van der Waals surface area (Å²) in [6.45, 7) is 2.44. The Bertz CT molecular complexity index is 1090. The highest BCUT2D eigenvalue weighted by molar-refractivity contribution is 7.15. The van der Waals surface area contributed by atoms with E-state index >= 15 is 0 Å². The highest BCUT2D eigenvalue weighted by atomic mass is 32.1. The van der Waals surface area contributed by atoms with Crippen LogP contribution in [0, 0.1) is 6.92 Å². The summed E-state index contributed by atoms with van der Waals surface area (Å²) in [5.41, 5.74) is 0.108. The average Bonchev–Trinajstić information content (AvgIpc) is 3.18. The fraction of sp³-hybridized carbons (Fsp3) is 0.333. The van der Waals surface area contributed by atoms with E-state index in [2.05, 4.69) is 4.98 Å². The number of ether oxygens (including phenoxy) is 2. The molecule has 1 aromatic heterocycles. The Morgan fingerprint density at radius 3 is 2.53 bits per heavy atom. The lowest BCUT2D eigenvalue weighted by Crippen LogP contribution is -2.42. The van der Waals surface area contributed by atoms with E-state index < -0.39 is 23.1 Å². The first kappa shape index (κ1) is 22.5. The van der Waals surface area contributed by atoms with Crippen LogP contribution in [0.2, 0.25) is 0 Å². The van der Waals surface area contributed by atoms with Gasteiger partial charge in [-0.1, -0.05) is 48.5 Å². The Morgan fingerprint density at radius 1 is 1.12 bits per heavy atom. The van der Waals surface area contributed by atoms with Crippen molar-refractivity contribution >= 4 is 17.3 Å². The summed E-state index contributed by atoms with van der Waals surface area (Å²) in [5, 5.41) is 0.827. The molecule has 0 unspecified atom stereocenters. The highest BCUT2D eigenvalue weighted by Gasteiger charge is 2.44. The quantitative estimate of drug-likeness (QED) is 0.442. The van der Waals surface area contributed by atoms with Crippen molar-refractivity contribution in [1.29, 1.82) is 0 Å². The number of hydrogen-bond acceptors (Lipinski definition) is 5. The molecule has 0 bridgehead atoms. The Labute approximate surface area is 188 Å². The molecule has 0 amide bonds. The number of carbonyl (C=O) groups is 1. The number of carbonyl (C=O) groups excluding carboxylic acids is 1. The molecule has 0 N–H and O–H groups in total. The van der Waals surface area contributed by atoms with Crippen molar-refractivity contribution in [3.05, 3.63) is 76.3 Å². The third-order valence-electron chi connectivity index (χ3n) is 5.73. The van der Waals surface area contributed by atoms with Gasteiger partial charge in [-0.2, -0.15) is 13.2 Å². The molecule has 8 heteroatoms. The maximum absolute atomic E-state index is 13.3. The zero-order chi connectivity index (χ0) is 22.8. The van der Waals surface area contributed by atoms with E-state index in [9.17, 15) is 18.0 Å². The first-order valence-corrected chi connectivity index (χ1v) is 11.1. The summed E-state index contributed by atoms with van der Waals surface area (Å²) in [6, 6.07) is 14.7. The topological polar surface area (TPSA) is 48.4 Å². The van der Waals surface area contributed by atoms with Crippen LogP contribution in [-0.2, 0) is 32.5 Å². The molecular formula is C24H22F3NO3S. The third-order valence-corrected chi connectivity index (χ3v) is 6.91. The molecule has 0 spiro atoms. The SMILES string of the molecule is Cc1nc(-c2ccccc2)sc1COC(=O)C1(c2cccc(C(F)(F)F)c2)CCOCC1. The predicted molar refractivity (Wildman–Crippen MR) is 115 cm³/mol. The molecule has 1 aliphatic rings. The van der Waals surface area contributed by atoms with Gasteiger partial charge in [0.05, 0.1) is 21.5 Å². The number of halogens is 3. The number of benzene rings is 2. The van der Waals surface area contributed by atoms with E-state index in [0.29, 0.717) is 5.56 Å². The monoisotopic (exact) mass is 461 g/mol. The number of thiazole rings is 1. The number of rotatable bonds is 5. The maximum atomic E-state index is 13.3. The van der Waals surface area contributed by atoms with Gasteiger partial charge in [0.2, 0.25) is 0 Å². The molecule has 1 fully saturated rings. The molecule has 1 saturated heterocycles. The minimum Gasteiger partial charge on any atom is -0.459 e. The predicted octanol–water partition coefficient (Wildman–Crippen LogP) is 5.93. The lowest BCUT2D eigenvalue weighted by atomic mass is 9.74. The Kier molecular flexibility index (Phi) is 6.35. The molecule has 32 heavy (non-hydrogen) atoms. The van der Waals surface area contributed by atoms with Gasteiger partial charge in [-0.3, -0.25) is 4.79 Å². The molecule has 0 aliphatic carbocycles. The minimum absolute atomic E-state index is 0.0245. The zero-order valence-electron chi connectivity index (χ0n) is 17.4. The zero-order valence-corrected chi connectivity index (χ0v) is 18.3. The molecule has 1 aliphatic heterocycles. The van der Waals surface area contributed by atoms with E-state index in [0.717, 1.165) is 33.3 Å². The van der Waals surface area contributed by atoms with E-state index in [1.54, 1.807) is 6.07 Å². The second kappa shape index (κ2) is 9.03. The summed E-state index contributed by atoms with van der Waals surface area (Å²) in [5.74, 6) is -0.533. The van der Waals surface area contributed by atoms with Gasteiger partial charge in [0.1, 0.15) is 11.6 Å². The molecule has 0 saturated carbocycles. The molecule has 4 rings (SSSR count). The first-order chi connectivity index (χ1) is 15.3. The number of hydrogen-bond donors (Lipinski definition) is 0. The first-order valence-electron chi connectivity index (χ1n) is 10.2. The van der Waals surface area contributed by atoms with Crippen molar-refractivity contribution < 1.29 is 27.4 Å². The molecule has 2 aromatic carbocycles. The van der Waals surface area contributed by atoms with Crippen molar-refractivity contribution in [2.75, 3.05) is 13.2 Å². The van der Waals surface area contributed by atoms with Crippen LogP contribution in [0.25, 0.3) is 10.6 Å². The van der Waals surface area contributed by atoms with Gasteiger partial charge in [0.15, 0.2) is 0 Å². The standard InChI is InChI=1S/C24H22F3NO3S/c1-16-20(32-21(28-16)17-6-3-2-4-7-17)15-31-22(29)23(10-12-30-13-11-23)18-8-5-9-19(14-18)24(25,26)27/h2-9,14H,10-13,15H2,1H3. The normalized spacial score (nSPS) is 16.0. The Morgan fingerprint density at radius 2 is 1.84 bits per heavy atom. The third kappa shape index (κ3) is 4.56. The molecule has 168 valence electrons. The highest BCUT2D eigenvalue weighted by Crippen LogP contribution is 2.39. The summed E-state index contributed by atoms with van der Waals surface area (Å²) in [4.78, 5) is 18.6. The summed E-state index contributed by atoms with van der Waals surface area (Å²) >= 11 is 1.44. The van der Waals surface area contributed by atoms with E-state index in [1.165, 1.54) is 17.4 Å². The summed E-state index contributed by atoms with van der Waals surface area (Å²) in [7, 11) is 0. The van der Waals surface area contributed by atoms with Gasteiger partial charge >= 0.3 is 12.1 Å². The van der Waals surface area contributed by atoms with Gasteiger partial charge in [-0.25, -0.2) is 4.98 Å². The molecule has 0 radical (unpaired) electrons. The average molecular weight is 462 g/mol. The van der Waals surface area contributed by atoms with Gasteiger partial charge in [-0.05, 0) is 31.4 Å². The second-order valence-electron chi connectivity index (χ2n) is 7.74. The number of aryl methyl sites for hydroxylation is 1. The minimum atomic E-state index is -4.49. The Hall–Kier alpha value is -2.71. The fourth-order valence-electron chi connectivity index (χ4n) is 3.86. The number of alkyl halides is 3. The lowest BCUT2D eigenvalue weighted by Gasteiger charge is -2.35. The second-order valence-corrected chi connectivity index (χ2v) is 8.83. The molecular weight excluding hydrogens is 439 g/mol. The van der Waals surface area contributed by atoms with Crippen LogP contribution in [-0.4, -0.2) is 24.2 Å². The van der Waals surface area contributed by atoms with Crippen LogP contribution in [0.3, 0.4) is 0 Å². The number of aromatic nitrogens is 1. The van der Waals surface area contributed by atoms with E-state index in [-0.39, 0.29) is 32.7 Å². The van der Waals surface area contributed by atoms with Crippen molar-refractivity contribution in [3.8, 4) is 10.6 Å². The molecule has 2 heterocycles. The van der Waals surface area contributed by atoms with Gasteiger partial charge in [0.25, 0.3) is 0 Å². The van der Waals surface area contributed by atoms with Crippen molar-refractivity contribution in [1.82, 2.24) is 4.98 Å². The molecule has 0 atom stereocenters. The number of esters is 1. The molecule has 4 nitrogen and oxygen atoms in total. The van der Waals surface area contributed by atoms with Crippen LogP contribution < -0.4 is 0 Å². The van der Waals surface area contributed by atoms with Crippen molar-refractivity contribution in [2.45, 2.75) is 38.0 Å². The van der Waals surface area contributed by atoms with E-state index in [1.807, 2.05) is 37.3 Å². The maximum Gasteiger partial charge on any atom is 0.416 e. The lowest BCUT2D eigenvalue weighted by molar-refractivity contribution is -0.156. The van der Waals surface area contributed by atoms with Crippen LogP contribution in [0.5, 0.6) is 0 Å². The van der Waals surface area contributed by atoms with Crippen LogP contribution in [0.4, 0.5) is 13.2 Å². The van der Waals surface area contributed by atoms with Gasteiger partial charge in [0, 0.05) is 18.8 Å². The smallest absolute Gasteiger partial charge is 0.416 e. The van der Waals surface area contributed by atoms with Gasteiger partial charge in [-0.15, -0.1) is 11.3 Å². The Balaban J connectivity index is 1.57. The van der Waals surface area contributed by atoms with Crippen LogP contribution in [0.15, 0.2) is 54.6 Å². The summed E-state index contributed by atoms with van der Waals surface area (Å²) in [6.07, 6.45) is -3.95. The number of nitrogens with zero attached hydrogens (tertiary/aromatic N) is 1. The fourth-order valence-corrected chi connectivity index (χ4v) is 4.84. The van der Waals surface area contributed by atoms with Crippen LogP contribution >= 0.6 is 11.3 Å². The van der Waals surface area contributed by atoms with E-state index in [4.69, 9.17) is 9.47 Å². The van der Waals surface area contributed by atoms with Crippen LogP contribution in [0.1, 0.15) is 34.5 Å². The van der Waals surface area contributed by atoms with Crippen molar-refractivity contribution in [2.24, 2.45) is 0 Å². The molecule has 3 aromatic rings. The largest absolute Gasteiger partial charge is 0.459 e. The summed E-state index contributed by atoms with van der Waals surface area (Å²) < 4.78 is 50.9.